The van der Waals surface area contributed by atoms with E-state index >= 15 is 0 Å². The van der Waals surface area contributed by atoms with Crippen molar-refractivity contribution in [2.24, 2.45) is 0 Å². The Morgan fingerprint density at radius 3 is 2.30 bits per heavy atom. The van der Waals surface area contributed by atoms with Gasteiger partial charge in [-0.25, -0.2) is 4.79 Å². The van der Waals surface area contributed by atoms with Gasteiger partial charge in [0.05, 0.1) is 5.56 Å². The van der Waals surface area contributed by atoms with E-state index in [1.807, 2.05) is 6.92 Å². The van der Waals surface area contributed by atoms with Crippen molar-refractivity contribution < 1.29 is 19.4 Å². The molecule has 4 heteroatoms. The van der Waals surface area contributed by atoms with Crippen molar-refractivity contribution in [3.63, 3.8) is 0 Å². The maximum absolute atomic E-state index is 12.0. The Balaban J connectivity index is 2.72. The fourth-order valence-corrected chi connectivity index (χ4v) is 1.92. The van der Waals surface area contributed by atoms with Crippen molar-refractivity contribution in [1.82, 2.24) is 0 Å². The van der Waals surface area contributed by atoms with Crippen LogP contribution in [0.3, 0.4) is 0 Å². The summed E-state index contributed by atoms with van der Waals surface area (Å²) < 4.78 is 5.72. The van der Waals surface area contributed by atoms with Crippen LogP contribution in [0.5, 0.6) is 5.75 Å². The van der Waals surface area contributed by atoms with E-state index in [2.05, 4.69) is 6.92 Å². The first-order valence-corrected chi connectivity index (χ1v) is 7.11. The molecule has 0 amide bonds. The Hall–Kier alpha value is -1.84. The number of benzene rings is 1. The predicted molar refractivity (Wildman–Crippen MR) is 77.3 cm³/mol. The molecule has 0 saturated carbocycles. The molecule has 0 heterocycles. The molecule has 0 aliphatic rings. The third-order valence-electron chi connectivity index (χ3n) is 3.05. The van der Waals surface area contributed by atoms with Crippen LogP contribution in [0.2, 0.25) is 0 Å². The lowest BCUT2D eigenvalue weighted by Gasteiger charge is -2.17. The number of carbonyl (C=O) groups excluding carboxylic acids is 1. The summed E-state index contributed by atoms with van der Waals surface area (Å²) in [7, 11) is 0. The first-order chi connectivity index (χ1) is 9.58. The standard InChI is InChI=1S/C16H22O4/c1-3-5-7-15(14(17)6-4-2)20-13-10-8-12(9-11-13)16(18)19/h8-11,15H,3-7H2,1-2H3,(H,18,19). The minimum Gasteiger partial charge on any atom is -0.483 e. The summed E-state index contributed by atoms with van der Waals surface area (Å²) in [6, 6.07) is 6.17. The number of carboxylic acid groups (broad SMARTS) is 1. The number of ether oxygens (including phenoxy) is 1. The third kappa shape index (κ3) is 5.03. The Morgan fingerprint density at radius 1 is 1.15 bits per heavy atom. The highest BCUT2D eigenvalue weighted by Crippen LogP contribution is 2.18. The van der Waals surface area contributed by atoms with Gasteiger partial charge in [0.2, 0.25) is 0 Å². The lowest BCUT2D eigenvalue weighted by atomic mass is 10.0. The maximum atomic E-state index is 12.0. The molecule has 0 radical (unpaired) electrons. The highest BCUT2D eigenvalue weighted by atomic mass is 16.5. The zero-order chi connectivity index (χ0) is 15.0. The van der Waals surface area contributed by atoms with Gasteiger partial charge in [-0.2, -0.15) is 0 Å². The van der Waals surface area contributed by atoms with Gasteiger partial charge >= 0.3 is 5.97 Å². The molecule has 1 unspecified atom stereocenters. The molecule has 1 rings (SSSR count). The molecule has 1 aromatic rings. The number of aromatic carboxylic acids is 1. The van der Waals surface area contributed by atoms with E-state index in [4.69, 9.17) is 9.84 Å². The fourth-order valence-electron chi connectivity index (χ4n) is 1.92. The molecule has 1 aromatic carbocycles. The van der Waals surface area contributed by atoms with Gasteiger partial charge in [-0.1, -0.05) is 20.3 Å². The SMILES string of the molecule is CCCCC(Oc1ccc(C(=O)O)cc1)C(=O)CCC. The summed E-state index contributed by atoms with van der Waals surface area (Å²) in [5.74, 6) is -0.315. The van der Waals surface area contributed by atoms with Crippen molar-refractivity contribution in [2.45, 2.75) is 52.1 Å². The molecule has 20 heavy (non-hydrogen) atoms. The van der Waals surface area contributed by atoms with Crippen molar-refractivity contribution >= 4 is 11.8 Å². The number of hydrogen-bond donors (Lipinski definition) is 1. The average Bonchev–Trinajstić information content (AvgIpc) is 2.44. The molecule has 1 N–H and O–H groups in total. The lowest BCUT2D eigenvalue weighted by molar-refractivity contribution is -0.126. The number of Topliss-reactive ketones (excluding diaryl/α,β-unsaturated/α-hetero) is 1. The van der Waals surface area contributed by atoms with Gasteiger partial charge in [0, 0.05) is 6.42 Å². The quantitative estimate of drug-likeness (QED) is 0.748. The summed E-state index contributed by atoms with van der Waals surface area (Å²) in [6.07, 6.45) is 3.55. The predicted octanol–water partition coefficient (Wildman–Crippen LogP) is 3.69. The Labute approximate surface area is 119 Å². The second kappa shape index (κ2) is 8.35. The second-order valence-electron chi connectivity index (χ2n) is 4.79. The van der Waals surface area contributed by atoms with E-state index in [9.17, 15) is 9.59 Å². The van der Waals surface area contributed by atoms with Gasteiger partial charge < -0.3 is 9.84 Å². The van der Waals surface area contributed by atoms with E-state index in [0.29, 0.717) is 18.6 Å². The topological polar surface area (TPSA) is 63.6 Å². The van der Waals surface area contributed by atoms with E-state index in [1.54, 1.807) is 12.1 Å². The first-order valence-electron chi connectivity index (χ1n) is 7.11. The van der Waals surface area contributed by atoms with Crippen LogP contribution in [0.15, 0.2) is 24.3 Å². The van der Waals surface area contributed by atoms with Crippen LogP contribution >= 0.6 is 0 Å². The van der Waals surface area contributed by atoms with Crippen LogP contribution < -0.4 is 4.74 Å². The molecule has 0 saturated heterocycles. The molecule has 4 nitrogen and oxygen atoms in total. The van der Waals surface area contributed by atoms with Gasteiger partial charge in [-0.15, -0.1) is 0 Å². The van der Waals surface area contributed by atoms with E-state index in [-0.39, 0.29) is 11.3 Å². The molecular formula is C16H22O4. The average molecular weight is 278 g/mol. The third-order valence-corrected chi connectivity index (χ3v) is 3.05. The van der Waals surface area contributed by atoms with Gasteiger partial charge in [0.15, 0.2) is 11.9 Å². The molecule has 0 aliphatic heterocycles. The minimum atomic E-state index is -0.971. The van der Waals surface area contributed by atoms with Crippen LogP contribution in [0.4, 0.5) is 0 Å². The monoisotopic (exact) mass is 278 g/mol. The summed E-state index contributed by atoms with van der Waals surface area (Å²) in [5, 5.41) is 8.84. The highest BCUT2D eigenvalue weighted by Gasteiger charge is 2.19. The van der Waals surface area contributed by atoms with Crippen molar-refractivity contribution in [1.29, 1.82) is 0 Å². The van der Waals surface area contributed by atoms with Crippen molar-refractivity contribution in [2.75, 3.05) is 0 Å². The molecule has 0 aromatic heterocycles. The number of ketones is 1. The fraction of sp³-hybridized carbons (Fsp3) is 0.500. The zero-order valence-corrected chi connectivity index (χ0v) is 12.1. The van der Waals surface area contributed by atoms with Gasteiger partial charge in [0.1, 0.15) is 5.75 Å². The summed E-state index contributed by atoms with van der Waals surface area (Å²) in [5.41, 5.74) is 0.211. The number of carbonyl (C=O) groups is 2. The molecule has 0 spiro atoms. The van der Waals surface area contributed by atoms with Crippen LogP contribution in [-0.2, 0) is 4.79 Å². The summed E-state index contributed by atoms with van der Waals surface area (Å²) in [4.78, 5) is 22.8. The molecule has 0 fully saturated rings. The second-order valence-corrected chi connectivity index (χ2v) is 4.79. The number of rotatable bonds is 9. The Bertz CT molecular complexity index is 436. The van der Waals surface area contributed by atoms with Crippen LogP contribution in [0.25, 0.3) is 0 Å². The molecule has 0 aliphatic carbocycles. The summed E-state index contributed by atoms with van der Waals surface area (Å²) in [6.45, 7) is 4.04. The van der Waals surface area contributed by atoms with Crippen molar-refractivity contribution in [3.05, 3.63) is 29.8 Å². The Morgan fingerprint density at radius 2 is 1.80 bits per heavy atom. The van der Waals surface area contributed by atoms with E-state index < -0.39 is 12.1 Å². The zero-order valence-electron chi connectivity index (χ0n) is 12.1. The summed E-state index contributed by atoms with van der Waals surface area (Å²) >= 11 is 0. The van der Waals surface area contributed by atoms with E-state index in [0.717, 1.165) is 19.3 Å². The normalized spacial score (nSPS) is 11.9. The first kappa shape index (κ1) is 16.2. The lowest BCUT2D eigenvalue weighted by Crippen LogP contribution is -2.27. The van der Waals surface area contributed by atoms with Crippen LogP contribution in [0.1, 0.15) is 56.3 Å². The van der Waals surface area contributed by atoms with E-state index in [1.165, 1.54) is 12.1 Å². The highest BCUT2D eigenvalue weighted by molar-refractivity contribution is 5.87. The largest absolute Gasteiger partial charge is 0.483 e. The van der Waals surface area contributed by atoms with Crippen LogP contribution in [-0.4, -0.2) is 23.0 Å². The molecule has 110 valence electrons. The van der Waals surface area contributed by atoms with Gasteiger partial charge in [-0.3, -0.25) is 4.79 Å². The van der Waals surface area contributed by atoms with Gasteiger partial charge in [0.25, 0.3) is 0 Å². The number of hydrogen-bond acceptors (Lipinski definition) is 3. The smallest absolute Gasteiger partial charge is 0.335 e. The number of unbranched alkanes of at least 4 members (excludes halogenated alkanes) is 1. The molecular weight excluding hydrogens is 256 g/mol. The Kier molecular flexibility index (Phi) is 6.77. The minimum absolute atomic E-state index is 0.114. The van der Waals surface area contributed by atoms with Crippen LogP contribution in [0, 0.1) is 0 Å². The maximum Gasteiger partial charge on any atom is 0.335 e. The molecule has 0 bridgehead atoms. The number of carboxylic acids is 1. The van der Waals surface area contributed by atoms with Gasteiger partial charge in [-0.05, 0) is 43.5 Å². The van der Waals surface area contributed by atoms with Crippen molar-refractivity contribution in [3.8, 4) is 5.75 Å². The molecule has 1 atom stereocenters.